The fourth-order valence-electron chi connectivity index (χ4n) is 3.57. The molecule has 1 N–H and O–H groups in total. The van der Waals surface area contributed by atoms with Crippen molar-refractivity contribution in [3.05, 3.63) is 59.4 Å². The minimum absolute atomic E-state index is 0.00973. The van der Waals surface area contributed by atoms with Crippen LogP contribution in [0, 0.1) is 13.8 Å². The zero-order valence-corrected chi connectivity index (χ0v) is 17.0. The molecule has 3 aromatic rings. The molecule has 7 heteroatoms. The molecule has 7 nitrogen and oxygen atoms in total. The maximum Gasteiger partial charge on any atom is 0.311 e. The predicted molar refractivity (Wildman–Crippen MR) is 112 cm³/mol. The van der Waals surface area contributed by atoms with E-state index in [9.17, 15) is 14.4 Å². The molecular formula is C23H22N2O5. The summed E-state index contributed by atoms with van der Waals surface area (Å²) in [6.45, 7) is 5.38. The van der Waals surface area contributed by atoms with E-state index < -0.39 is 18.0 Å². The second kappa shape index (κ2) is 7.67. The number of para-hydroxylation sites is 2. The lowest BCUT2D eigenvalue weighted by Crippen LogP contribution is -2.47. The molecule has 0 saturated carbocycles. The first-order valence-corrected chi connectivity index (χ1v) is 9.70. The number of amides is 2. The standard InChI is InChI=1S/C23H22N2O5/c1-13-8-17-16(12-29-20(17)9-14(13)2)10-22(27)30-15(3)23(28)25-11-21(26)24-18-6-4-5-7-19(18)25/h4-9,12,15H,10-11H2,1-3H3,(H,24,26)/t15-/m0/s1. The van der Waals surface area contributed by atoms with Gasteiger partial charge >= 0.3 is 5.97 Å². The van der Waals surface area contributed by atoms with E-state index in [4.69, 9.17) is 9.15 Å². The van der Waals surface area contributed by atoms with Crippen LogP contribution in [0.15, 0.2) is 47.1 Å². The van der Waals surface area contributed by atoms with Crippen molar-refractivity contribution in [2.24, 2.45) is 0 Å². The van der Waals surface area contributed by atoms with Gasteiger partial charge in [0.2, 0.25) is 5.91 Å². The summed E-state index contributed by atoms with van der Waals surface area (Å²) in [5, 5.41) is 3.59. The van der Waals surface area contributed by atoms with Gasteiger partial charge in [0, 0.05) is 10.9 Å². The van der Waals surface area contributed by atoms with Crippen molar-refractivity contribution in [2.45, 2.75) is 33.3 Å². The maximum absolute atomic E-state index is 12.9. The van der Waals surface area contributed by atoms with Crippen LogP contribution in [0.25, 0.3) is 11.0 Å². The zero-order chi connectivity index (χ0) is 21.4. The van der Waals surface area contributed by atoms with Gasteiger partial charge < -0.3 is 14.5 Å². The Hall–Kier alpha value is -3.61. The Kier molecular flexibility index (Phi) is 5.03. The number of hydrogen-bond donors (Lipinski definition) is 1. The van der Waals surface area contributed by atoms with Crippen molar-refractivity contribution in [3.63, 3.8) is 0 Å². The highest BCUT2D eigenvalue weighted by Gasteiger charge is 2.31. The van der Waals surface area contributed by atoms with Gasteiger partial charge in [-0.05, 0) is 56.2 Å². The maximum atomic E-state index is 12.9. The van der Waals surface area contributed by atoms with Crippen molar-refractivity contribution in [1.82, 2.24) is 0 Å². The first kappa shape index (κ1) is 19.7. The molecule has 2 aromatic carbocycles. The summed E-state index contributed by atoms with van der Waals surface area (Å²) in [5.74, 6) is -1.28. The third-order valence-corrected chi connectivity index (χ3v) is 5.30. The molecule has 0 saturated heterocycles. The molecule has 1 aliphatic rings. The van der Waals surface area contributed by atoms with E-state index in [1.165, 1.54) is 11.8 Å². The SMILES string of the molecule is Cc1cc2occ(CC(=O)O[C@@H](C)C(=O)N3CC(=O)Nc4ccccc43)c2cc1C. The first-order valence-electron chi connectivity index (χ1n) is 9.70. The van der Waals surface area contributed by atoms with Crippen molar-refractivity contribution in [2.75, 3.05) is 16.8 Å². The fraction of sp³-hybridized carbons (Fsp3) is 0.261. The van der Waals surface area contributed by atoms with Crippen LogP contribution in [0.4, 0.5) is 11.4 Å². The van der Waals surface area contributed by atoms with Gasteiger partial charge in [-0.1, -0.05) is 12.1 Å². The Morgan fingerprint density at radius 1 is 1.20 bits per heavy atom. The first-order chi connectivity index (χ1) is 14.3. The van der Waals surface area contributed by atoms with E-state index in [0.717, 1.165) is 16.5 Å². The van der Waals surface area contributed by atoms with Crippen molar-refractivity contribution in [1.29, 1.82) is 0 Å². The number of anilines is 2. The summed E-state index contributed by atoms with van der Waals surface area (Å²) in [7, 11) is 0. The third kappa shape index (κ3) is 3.66. The predicted octanol–water partition coefficient (Wildman–Crippen LogP) is 3.51. The summed E-state index contributed by atoms with van der Waals surface area (Å²) in [6, 6.07) is 10.9. The van der Waals surface area contributed by atoms with E-state index in [1.54, 1.807) is 30.5 Å². The van der Waals surface area contributed by atoms with Crippen molar-refractivity contribution < 1.29 is 23.5 Å². The van der Waals surface area contributed by atoms with Crippen LogP contribution in [0.1, 0.15) is 23.6 Å². The highest BCUT2D eigenvalue weighted by molar-refractivity contribution is 6.11. The van der Waals surface area contributed by atoms with Crippen LogP contribution in [0.3, 0.4) is 0 Å². The molecule has 0 aliphatic carbocycles. The number of carbonyl (C=O) groups is 3. The Labute approximate surface area is 173 Å². The lowest BCUT2D eigenvalue weighted by molar-refractivity contribution is -0.153. The monoisotopic (exact) mass is 406 g/mol. The lowest BCUT2D eigenvalue weighted by Gasteiger charge is -2.30. The molecule has 1 aromatic heterocycles. The van der Waals surface area contributed by atoms with E-state index >= 15 is 0 Å². The van der Waals surface area contributed by atoms with Gasteiger partial charge in [0.05, 0.1) is 24.1 Å². The smallest absolute Gasteiger partial charge is 0.311 e. The molecule has 0 spiro atoms. The fourth-order valence-corrected chi connectivity index (χ4v) is 3.57. The molecule has 30 heavy (non-hydrogen) atoms. The largest absolute Gasteiger partial charge is 0.464 e. The second-order valence-corrected chi connectivity index (χ2v) is 7.49. The minimum atomic E-state index is -1.03. The van der Waals surface area contributed by atoms with Gasteiger partial charge in [0.25, 0.3) is 5.91 Å². The third-order valence-electron chi connectivity index (χ3n) is 5.30. The molecule has 2 amide bonds. The van der Waals surface area contributed by atoms with Gasteiger partial charge in [0.15, 0.2) is 6.10 Å². The van der Waals surface area contributed by atoms with Gasteiger partial charge in [-0.15, -0.1) is 0 Å². The second-order valence-electron chi connectivity index (χ2n) is 7.49. The number of hydrogen-bond acceptors (Lipinski definition) is 5. The minimum Gasteiger partial charge on any atom is -0.464 e. The Bertz CT molecular complexity index is 1160. The topological polar surface area (TPSA) is 88.8 Å². The van der Waals surface area contributed by atoms with Crippen molar-refractivity contribution in [3.8, 4) is 0 Å². The van der Waals surface area contributed by atoms with Crippen LogP contribution in [0.2, 0.25) is 0 Å². The van der Waals surface area contributed by atoms with Gasteiger partial charge in [-0.2, -0.15) is 0 Å². The number of nitrogens with one attached hydrogen (secondary N) is 1. The number of benzene rings is 2. The molecule has 154 valence electrons. The summed E-state index contributed by atoms with van der Waals surface area (Å²) in [4.78, 5) is 38.7. The number of fused-ring (bicyclic) bond motifs is 2. The highest BCUT2D eigenvalue weighted by Crippen LogP contribution is 2.30. The highest BCUT2D eigenvalue weighted by atomic mass is 16.5. The van der Waals surface area contributed by atoms with Crippen LogP contribution >= 0.6 is 0 Å². The van der Waals surface area contributed by atoms with E-state index in [0.29, 0.717) is 22.5 Å². The van der Waals surface area contributed by atoms with Gasteiger partial charge in [-0.25, -0.2) is 0 Å². The summed E-state index contributed by atoms with van der Waals surface area (Å²) >= 11 is 0. The molecule has 2 heterocycles. The molecule has 0 fully saturated rings. The van der Waals surface area contributed by atoms with E-state index in [-0.39, 0.29) is 18.9 Å². The molecule has 1 atom stereocenters. The van der Waals surface area contributed by atoms with Crippen LogP contribution < -0.4 is 10.2 Å². The number of rotatable bonds is 4. The molecule has 4 rings (SSSR count). The van der Waals surface area contributed by atoms with Gasteiger partial charge in [0.1, 0.15) is 12.1 Å². The zero-order valence-electron chi connectivity index (χ0n) is 17.0. The molecule has 0 unspecified atom stereocenters. The summed E-state index contributed by atoms with van der Waals surface area (Å²) in [5.41, 5.74) is 4.76. The number of furan rings is 1. The van der Waals surface area contributed by atoms with Crippen molar-refractivity contribution >= 4 is 40.1 Å². The summed E-state index contributed by atoms with van der Waals surface area (Å²) < 4.78 is 10.9. The lowest BCUT2D eigenvalue weighted by atomic mass is 10.0. The number of ether oxygens (including phenoxy) is 1. The Balaban J connectivity index is 1.47. The van der Waals surface area contributed by atoms with Crippen LogP contribution in [-0.2, 0) is 25.5 Å². The van der Waals surface area contributed by atoms with Gasteiger partial charge in [-0.3, -0.25) is 19.3 Å². The van der Waals surface area contributed by atoms with Crippen LogP contribution in [0.5, 0.6) is 0 Å². The Morgan fingerprint density at radius 2 is 1.93 bits per heavy atom. The molecule has 1 aliphatic heterocycles. The average Bonchev–Trinajstić information content (AvgIpc) is 3.08. The molecular weight excluding hydrogens is 384 g/mol. The number of nitrogens with zero attached hydrogens (tertiary/aromatic N) is 1. The number of aryl methyl sites for hydroxylation is 2. The average molecular weight is 406 g/mol. The van der Waals surface area contributed by atoms with E-state index in [2.05, 4.69) is 5.32 Å². The molecule has 0 radical (unpaired) electrons. The Morgan fingerprint density at radius 3 is 2.73 bits per heavy atom. The summed E-state index contributed by atoms with van der Waals surface area (Å²) in [6.07, 6.45) is 0.505. The number of esters is 1. The van der Waals surface area contributed by atoms with Crippen LogP contribution in [-0.4, -0.2) is 30.4 Å². The molecule has 0 bridgehead atoms. The number of carbonyl (C=O) groups excluding carboxylic acids is 3. The van der Waals surface area contributed by atoms with E-state index in [1.807, 2.05) is 26.0 Å². The normalized spacial score (nSPS) is 14.2. The quantitative estimate of drug-likeness (QED) is 0.670.